The third kappa shape index (κ3) is 3.04. The third-order valence-corrected chi connectivity index (χ3v) is 5.62. The molecule has 23 heavy (non-hydrogen) atoms. The van der Waals surface area contributed by atoms with Crippen molar-refractivity contribution in [1.82, 2.24) is 15.2 Å². The van der Waals surface area contributed by atoms with Crippen LogP contribution in [0, 0.1) is 0 Å². The van der Waals surface area contributed by atoms with Crippen LogP contribution in [0.2, 0.25) is 0 Å². The molecule has 2 saturated heterocycles. The van der Waals surface area contributed by atoms with Crippen LogP contribution < -0.4 is 5.32 Å². The van der Waals surface area contributed by atoms with E-state index < -0.39 is 0 Å². The monoisotopic (exact) mass is 307 g/mol. The second kappa shape index (κ2) is 6.42. The zero-order valence-electron chi connectivity index (χ0n) is 13.7. The molecule has 3 unspecified atom stereocenters. The van der Waals surface area contributed by atoms with Gasteiger partial charge in [0.25, 0.3) is 0 Å². The quantitative estimate of drug-likeness (QED) is 0.938. The van der Waals surface area contributed by atoms with Gasteiger partial charge in [-0.3, -0.25) is 4.98 Å². The van der Waals surface area contributed by atoms with E-state index in [-0.39, 0.29) is 6.04 Å². The fourth-order valence-electron chi connectivity index (χ4n) is 4.33. The summed E-state index contributed by atoms with van der Waals surface area (Å²) >= 11 is 0. The van der Waals surface area contributed by atoms with Crippen molar-refractivity contribution in [2.24, 2.45) is 0 Å². The maximum absolute atomic E-state index is 4.62. The normalized spacial score (nSPS) is 28.7. The van der Waals surface area contributed by atoms with E-state index in [0.717, 1.165) is 17.8 Å². The number of fused-ring (bicyclic) bond motifs is 2. The zero-order chi connectivity index (χ0) is 15.6. The number of piperidine rings is 1. The van der Waals surface area contributed by atoms with Gasteiger partial charge < -0.3 is 10.2 Å². The zero-order valence-corrected chi connectivity index (χ0v) is 13.7. The molecule has 2 aliphatic heterocycles. The average molecular weight is 307 g/mol. The van der Waals surface area contributed by atoms with Crippen molar-refractivity contribution in [3.63, 3.8) is 0 Å². The van der Waals surface area contributed by atoms with Crippen molar-refractivity contribution in [2.75, 3.05) is 7.05 Å². The summed E-state index contributed by atoms with van der Waals surface area (Å²) in [5.41, 5.74) is 2.42. The highest BCUT2D eigenvalue weighted by molar-refractivity contribution is 5.28. The molecule has 3 nitrogen and oxygen atoms in total. The minimum atomic E-state index is 0.185. The smallest absolute Gasteiger partial charge is 0.0753 e. The van der Waals surface area contributed by atoms with E-state index in [4.69, 9.17) is 0 Å². The number of hydrogen-bond donors (Lipinski definition) is 1. The number of nitrogens with one attached hydrogen (secondary N) is 1. The van der Waals surface area contributed by atoms with E-state index in [2.05, 4.69) is 64.7 Å². The van der Waals surface area contributed by atoms with Crippen LogP contribution in [0.3, 0.4) is 0 Å². The van der Waals surface area contributed by atoms with Crippen LogP contribution >= 0.6 is 0 Å². The van der Waals surface area contributed by atoms with Crippen molar-refractivity contribution >= 4 is 0 Å². The summed E-state index contributed by atoms with van der Waals surface area (Å²) < 4.78 is 0. The van der Waals surface area contributed by atoms with Crippen LogP contribution in [0.15, 0.2) is 54.7 Å². The Morgan fingerprint density at radius 1 is 1.00 bits per heavy atom. The Balaban J connectivity index is 1.57. The topological polar surface area (TPSA) is 28.2 Å². The van der Waals surface area contributed by atoms with Crippen molar-refractivity contribution in [2.45, 2.75) is 49.9 Å². The Hall–Kier alpha value is -1.71. The van der Waals surface area contributed by atoms with E-state index in [9.17, 15) is 0 Å². The summed E-state index contributed by atoms with van der Waals surface area (Å²) in [4.78, 5) is 7.21. The van der Waals surface area contributed by atoms with E-state index in [1.54, 1.807) is 0 Å². The molecule has 0 saturated carbocycles. The van der Waals surface area contributed by atoms with Crippen LogP contribution in [0.5, 0.6) is 0 Å². The van der Waals surface area contributed by atoms with Crippen LogP contribution in [-0.4, -0.2) is 35.1 Å². The van der Waals surface area contributed by atoms with Crippen molar-refractivity contribution in [1.29, 1.82) is 0 Å². The van der Waals surface area contributed by atoms with Crippen LogP contribution in [0.25, 0.3) is 0 Å². The summed E-state index contributed by atoms with van der Waals surface area (Å²) in [6, 6.07) is 19.2. The summed E-state index contributed by atoms with van der Waals surface area (Å²) in [7, 11) is 2.30. The second-order valence-corrected chi connectivity index (χ2v) is 6.98. The molecular formula is C20H25N3. The molecule has 4 rings (SSSR count). The largest absolute Gasteiger partial charge is 0.302 e. The highest BCUT2D eigenvalue weighted by Gasteiger charge is 2.39. The molecule has 0 aliphatic carbocycles. The Labute approximate surface area is 138 Å². The number of hydrogen-bond acceptors (Lipinski definition) is 3. The number of pyridine rings is 1. The SMILES string of the molecule is CN1C2CCC1CC(NC(c1ccccc1)c1ccccn1)C2. The van der Waals surface area contributed by atoms with Crippen LogP contribution in [0.4, 0.5) is 0 Å². The number of benzene rings is 1. The lowest BCUT2D eigenvalue weighted by Crippen LogP contribution is -2.48. The molecule has 1 aromatic carbocycles. The standard InChI is InChI=1S/C20H25N3/c1-23-17-10-11-18(23)14-16(13-17)22-20(15-7-3-2-4-8-15)19-9-5-6-12-21-19/h2-9,12,16-18,20,22H,10-11,13-14H2,1H3. The lowest BCUT2D eigenvalue weighted by Gasteiger charge is -2.38. The number of rotatable bonds is 4. The molecule has 0 spiro atoms. The molecule has 120 valence electrons. The third-order valence-electron chi connectivity index (χ3n) is 5.62. The number of nitrogens with zero attached hydrogens (tertiary/aromatic N) is 2. The van der Waals surface area contributed by atoms with Gasteiger partial charge in [-0.25, -0.2) is 0 Å². The molecule has 3 heteroatoms. The van der Waals surface area contributed by atoms with Crippen molar-refractivity contribution < 1.29 is 0 Å². The van der Waals surface area contributed by atoms with E-state index >= 15 is 0 Å². The lowest BCUT2D eigenvalue weighted by atomic mass is 9.95. The maximum Gasteiger partial charge on any atom is 0.0753 e. The highest BCUT2D eigenvalue weighted by atomic mass is 15.2. The predicted octanol–water partition coefficient (Wildman–Crippen LogP) is 3.39. The van der Waals surface area contributed by atoms with Crippen molar-refractivity contribution in [3.8, 4) is 0 Å². The molecule has 3 atom stereocenters. The van der Waals surface area contributed by atoms with Gasteiger partial charge in [0.1, 0.15) is 0 Å². The minimum Gasteiger partial charge on any atom is -0.302 e. The molecular weight excluding hydrogens is 282 g/mol. The van der Waals surface area contributed by atoms with Gasteiger partial charge in [0.2, 0.25) is 0 Å². The Kier molecular flexibility index (Phi) is 4.15. The van der Waals surface area contributed by atoms with Crippen LogP contribution in [-0.2, 0) is 0 Å². The molecule has 0 radical (unpaired) electrons. The molecule has 2 aromatic rings. The van der Waals surface area contributed by atoms with Crippen LogP contribution in [0.1, 0.15) is 43.0 Å². The van der Waals surface area contributed by atoms with Gasteiger partial charge in [-0.1, -0.05) is 36.4 Å². The molecule has 1 aromatic heterocycles. The first kappa shape index (κ1) is 14.9. The highest BCUT2D eigenvalue weighted by Crippen LogP contribution is 2.35. The van der Waals surface area contributed by atoms with Gasteiger partial charge >= 0.3 is 0 Å². The van der Waals surface area contributed by atoms with Gasteiger partial charge in [0, 0.05) is 24.3 Å². The first-order valence-corrected chi connectivity index (χ1v) is 8.75. The van der Waals surface area contributed by atoms with Crippen molar-refractivity contribution in [3.05, 3.63) is 66.0 Å². The molecule has 1 N–H and O–H groups in total. The average Bonchev–Trinajstić information content (AvgIpc) is 2.83. The van der Waals surface area contributed by atoms with E-state index in [1.165, 1.54) is 31.2 Å². The second-order valence-electron chi connectivity index (χ2n) is 6.98. The number of aromatic nitrogens is 1. The van der Waals surface area contributed by atoms with Gasteiger partial charge in [0.05, 0.1) is 11.7 Å². The van der Waals surface area contributed by atoms with Gasteiger partial charge in [0.15, 0.2) is 0 Å². The maximum atomic E-state index is 4.62. The van der Waals surface area contributed by atoms with Gasteiger partial charge in [-0.15, -0.1) is 0 Å². The van der Waals surface area contributed by atoms with E-state index in [0.29, 0.717) is 6.04 Å². The molecule has 2 aliphatic rings. The predicted molar refractivity (Wildman–Crippen MR) is 93.3 cm³/mol. The first-order chi connectivity index (χ1) is 11.3. The van der Waals surface area contributed by atoms with Gasteiger partial charge in [-0.2, -0.15) is 0 Å². The Morgan fingerprint density at radius 2 is 1.70 bits per heavy atom. The minimum absolute atomic E-state index is 0.185. The summed E-state index contributed by atoms with van der Waals surface area (Å²) in [5, 5.41) is 3.92. The summed E-state index contributed by atoms with van der Waals surface area (Å²) in [6.45, 7) is 0. The molecule has 0 amide bonds. The van der Waals surface area contributed by atoms with E-state index in [1.807, 2.05) is 12.3 Å². The molecule has 2 bridgehead atoms. The Morgan fingerprint density at radius 3 is 2.35 bits per heavy atom. The Bertz CT molecular complexity index is 574. The first-order valence-electron chi connectivity index (χ1n) is 8.75. The lowest BCUT2D eigenvalue weighted by molar-refractivity contribution is 0.145. The molecule has 3 heterocycles. The summed E-state index contributed by atoms with van der Waals surface area (Å²) in [5.74, 6) is 0. The van der Waals surface area contributed by atoms with Gasteiger partial charge in [-0.05, 0) is 50.4 Å². The molecule has 2 fully saturated rings. The fraction of sp³-hybridized carbons (Fsp3) is 0.450. The summed E-state index contributed by atoms with van der Waals surface area (Å²) in [6.07, 6.45) is 7.12. The fourth-order valence-corrected chi connectivity index (χ4v) is 4.33.